The fourth-order valence-corrected chi connectivity index (χ4v) is 3.41. The summed E-state index contributed by atoms with van der Waals surface area (Å²) in [6.07, 6.45) is 14.5. The fourth-order valence-electron chi connectivity index (χ4n) is 3.41. The first kappa shape index (κ1) is 28.2. The van der Waals surface area contributed by atoms with Crippen molar-refractivity contribution in [3.63, 3.8) is 0 Å². The summed E-state index contributed by atoms with van der Waals surface area (Å²) >= 11 is 0. The van der Waals surface area contributed by atoms with Crippen LogP contribution >= 0.6 is 0 Å². The number of carboxylic acids is 1. The van der Waals surface area contributed by atoms with Crippen LogP contribution in [0.25, 0.3) is 0 Å². The smallest absolute Gasteiger partial charge is 0.333 e. The highest BCUT2D eigenvalue weighted by Crippen LogP contribution is 2.14. The molecule has 0 saturated carbocycles. The number of amides is 2. The third-order valence-electron chi connectivity index (χ3n) is 5.31. The van der Waals surface area contributed by atoms with E-state index in [1.807, 2.05) is 0 Å². The van der Waals surface area contributed by atoms with Crippen molar-refractivity contribution < 1.29 is 29.1 Å². The molecule has 0 aromatic heterocycles. The second kappa shape index (κ2) is 18.7. The monoisotopic (exact) mass is 459 g/mol. The predicted molar refractivity (Wildman–Crippen MR) is 124 cm³/mol. The second-order valence-electron chi connectivity index (χ2n) is 8.29. The SMILES string of the molecule is O=C(O)CCCCCCCCC#CC#CCCCCCCCCC(=O)ON1C(=O)CCC1=O. The van der Waals surface area contributed by atoms with E-state index in [-0.39, 0.29) is 25.7 Å². The van der Waals surface area contributed by atoms with Crippen molar-refractivity contribution >= 4 is 23.8 Å². The zero-order valence-electron chi connectivity index (χ0n) is 19.7. The van der Waals surface area contributed by atoms with Gasteiger partial charge in [0, 0.05) is 38.5 Å². The Morgan fingerprint density at radius 3 is 1.61 bits per heavy atom. The topological polar surface area (TPSA) is 101 Å². The van der Waals surface area contributed by atoms with Crippen molar-refractivity contribution in [1.82, 2.24) is 5.06 Å². The highest BCUT2D eigenvalue weighted by Gasteiger charge is 2.32. The van der Waals surface area contributed by atoms with Crippen LogP contribution in [-0.4, -0.2) is 33.9 Å². The molecular weight excluding hydrogens is 422 g/mol. The van der Waals surface area contributed by atoms with Crippen molar-refractivity contribution in [2.45, 2.75) is 116 Å². The first-order chi connectivity index (χ1) is 16.0. The Bertz CT molecular complexity index is 736. The molecule has 182 valence electrons. The lowest BCUT2D eigenvalue weighted by atomic mass is 10.1. The van der Waals surface area contributed by atoms with Crippen molar-refractivity contribution in [2.24, 2.45) is 0 Å². The van der Waals surface area contributed by atoms with Crippen LogP contribution in [-0.2, 0) is 24.0 Å². The number of nitrogens with zero attached hydrogens (tertiary/aromatic N) is 1. The molecule has 0 aromatic rings. The van der Waals surface area contributed by atoms with E-state index in [1.165, 1.54) is 0 Å². The maximum atomic E-state index is 11.7. The van der Waals surface area contributed by atoms with Gasteiger partial charge in [-0.3, -0.25) is 14.4 Å². The molecule has 0 bridgehead atoms. The van der Waals surface area contributed by atoms with E-state index in [0.29, 0.717) is 11.5 Å². The minimum Gasteiger partial charge on any atom is -0.481 e. The molecule has 0 radical (unpaired) electrons. The number of unbranched alkanes of at least 4 members (excludes halogenated alkanes) is 12. The largest absolute Gasteiger partial charge is 0.481 e. The molecular formula is C26H37NO6. The summed E-state index contributed by atoms with van der Waals surface area (Å²) in [5.41, 5.74) is 0. The number of aliphatic carboxylic acids is 1. The van der Waals surface area contributed by atoms with E-state index in [2.05, 4.69) is 23.7 Å². The van der Waals surface area contributed by atoms with Crippen LogP contribution in [0.1, 0.15) is 116 Å². The van der Waals surface area contributed by atoms with Gasteiger partial charge in [-0.05, 0) is 37.5 Å². The molecule has 0 spiro atoms. The van der Waals surface area contributed by atoms with Gasteiger partial charge in [0.05, 0.1) is 0 Å². The Morgan fingerprint density at radius 2 is 1.12 bits per heavy atom. The summed E-state index contributed by atoms with van der Waals surface area (Å²) in [7, 11) is 0. The molecule has 7 heteroatoms. The number of hydrogen-bond donors (Lipinski definition) is 1. The van der Waals surface area contributed by atoms with E-state index >= 15 is 0 Å². The Morgan fingerprint density at radius 1 is 0.697 bits per heavy atom. The molecule has 0 unspecified atom stereocenters. The minimum atomic E-state index is -0.711. The number of hydroxylamine groups is 2. The second-order valence-corrected chi connectivity index (χ2v) is 8.29. The third-order valence-corrected chi connectivity index (χ3v) is 5.31. The van der Waals surface area contributed by atoms with E-state index < -0.39 is 23.8 Å². The van der Waals surface area contributed by atoms with Crippen LogP contribution in [0.2, 0.25) is 0 Å². The average molecular weight is 460 g/mol. The van der Waals surface area contributed by atoms with Gasteiger partial charge in [0.15, 0.2) is 0 Å². The maximum absolute atomic E-state index is 11.7. The first-order valence-electron chi connectivity index (χ1n) is 12.2. The van der Waals surface area contributed by atoms with Gasteiger partial charge < -0.3 is 9.94 Å². The maximum Gasteiger partial charge on any atom is 0.333 e. The minimum absolute atomic E-state index is 0.114. The van der Waals surface area contributed by atoms with E-state index in [9.17, 15) is 19.2 Å². The normalized spacial score (nSPS) is 12.7. The number of rotatable bonds is 17. The molecule has 1 N–H and O–H groups in total. The standard InChI is InChI=1S/C26H37NO6/c28-23-21-22-24(29)27(23)33-26(32)20-18-16-14-12-10-8-6-4-2-1-3-5-7-9-11-13-15-17-19-25(30)31/h5-22H2,(H,30,31). The summed E-state index contributed by atoms with van der Waals surface area (Å²) in [4.78, 5) is 49.7. The van der Waals surface area contributed by atoms with Crippen molar-refractivity contribution in [1.29, 1.82) is 0 Å². The fraction of sp³-hybridized carbons (Fsp3) is 0.692. The molecule has 1 rings (SSSR count). The molecule has 1 fully saturated rings. The Balaban J connectivity index is 1.86. The lowest BCUT2D eigenvalue weighted by Gasteiger charge is -2.12. The quantitative estimate of drug-likeness (QED) is 0.188. The zero-order chi connectivity index (χ0) is 24.2. The van der Waals surface area contributed by atoms with Gasteiger partial charge >= 0.3 is 11.9 Å². The molecule has 1 heterocycles. The molecule has 1 aliphatic rings. The van der Waals surface area contributed by atoms with Crippen LogP contribution < -0.4 is 0 Å². The van der Waals surface area contributed by atoms with Crippen molar-refractivity contribution in [3.8, 4) is 23.7 Å². The number of carboxylic acid groups (broad SMARTS) is 1. The molecule has 0 atom stereocenters. The summed E-state index contributed by atoms with van der Waals surface area (Å²) < 4.78 is 0. The molecule has 7 nitrogen and oxygen atoms in total. The van der Waals surface area contributed by atoms with E-state index in [0.717, 1.165) is 83.5 Å². The Kier molecular flexibility index (Phi) is 16.0. The lowest BCUT2D eigenvalue weighted by Crippen LogP contribution is -2.31. The van der Waals surface area contributed by atoms with Gasteiger partial charge in [-0.2, -0.15) is 0 Å². The summed E-state index contributed by atoms with van der Waals surface area (Å²) in [6, 6.07) is 0. The molecule has 33 heavy (non-hydrogen) atoms. The Labute approximate surface area is 197 Å². The van der Waals surface area contributed by atoms with Crippen molar-refractivity contribution in [2.75, 3.05) is 0 Å². The lowest BCUT2D eigenvalue weighted by molar-refractivity contribution is -0.197. The first-order valence-corrected chi connectivity index (χ1v) is 12.2. The van der Waals surface area contributed by atoms with Gasteiger partial charge in [-0.15, -0.1) is 5.06 Å². The van der Waals surface area contributed by atoms with Crippen LogP contribution in [0.4, 0.5) is 0 Å². The van der Waals surface area contributed by atoms with Gasteiger partial charge in [0.2, 0.25) is 0 Å². The summed E-state index contributed by atoms with van der Waals surface area (Å²) in [6.45, 7) is 0. The predicted octanol–water partition coefficient (Wildman–Crippen LogP) is 4.93. The molecule has 1 aliphatic heterocycles. The highest BCUT2D eigenvalue weighted by atomic mass is 16.7. The van der Waals surface area contributed by atoms with Gasteiger partial charge in [-0.1, -0.05) is 63.2 Å². The van der Waals surface area contributed by atoms with Gasteiger partial charge in [-0.25, -0.2) is 4.79 Å². The summed E-state index contributed by atoms with van der Waals surface area (Å²) in [5, 5.41) is 9.16. The van der Waals surface area contributed by atoms with Gasteiger partial charge in [0.25, 0.3) is 11.8 Å². The molecule has 2 amide bonds. The van der Waals surface area contributed by atoms with Crippen LogP contribution in [0.5, 0.6) is 0 Å². The summed E-state index contributed by atoms with van der Waals surface area (Å²) in [5.74, 6) is 9.86. The number of carbonyl (C=O) groups is 4. The van der Waals surface area contributed by atoms with Gasteiger partial charge in [0.1, 0.15) is 0 Å². The number of carbonyl (C=O) groups excluding carboxylic acids is 3. The zero-order valence-corrected chi connectivity index (χ0v) is 19.7. The van der Waals surface area contributed by atoms with Crippen molar-refractivity contribution in [3.05, 3.63) is 0 Å². The van der Waals surface area contributed by atoms with Crippen LogP contribution in [0.3, 0.4) is 0 Å². The Hall–Kier alpha value is -2.80. The average Bonchev–Trinajstić information content (AvgIpc) is 3.09. The number of imide groups is 1. The highest BCUT2D eigenvalue weighted by molar-refractivity contribution is 6.01. The molecule has 0 aliphatic carbocycles. The van der Waals surface area contributed by atoms with Crippen LogP contribution in [0, 0.1) is 23.7 Å². The third kappa shape index (κ3) is 15.6. The number of hydrogen-bond acceptors (Lipinski definition) is 5. The molecule has 1 saturated heterocycles. The van der Waals surface area contributed by atoms with Crippen LogP contribution in [0.15, 0.2) is 0 Å². The van der Waals surface area contributed by atoms with E-state index in [4.69, 9.17) is 9.94 Å². The van der Waals surface area contributed by atoms with E-state index in [1.54, 1.807) is 0 Å². The molecule has 0 aromatic carbocycles.